The lowest BCUT2D eigenvalue weighted by Crippen LogP contribution is -2.36. The number of aromatic nitrogens is 3. The molecular weight excluding hydrogens is 326 g/mol. The number of likely N-dealkylation sites (tertiary alicyclic amines) is 1. The molecule has 0 spiro atoms. The monoisotopic (exact) mass is 353 g/mol. The molecule has 26 heavy (non-hydrogen) atoms. The van der Waals surface area contributed by atoms with Crippen LogP contribution in [0.5, 0.6) is 0 Å². The normalized spacial score (nSPS) is 21.8. The van der Waals surface area contributed by atoms with Gasteiger partial charge in [0, 0.05) is 30.4 Å². The Hall–Kier alpha value is -2.21. The molecular formula is C20H27N5O. The third-order valence-electron chi connectivity index (χ3n) is 5.78. The summed E-state index contributed by atoms with van der Waals surface area (Å²) in [5, 5.41) is 10.8. The largest absolute Gasteiger partial charge is 0.352 e. The Morgan fingerprint density at radius 3 is 2.73 bits per heavy atom. The number of carbonyl (C=O) groups is 1. The van der Waals surface area contributed by atoms with Gasteiger partial charge in [0.15, 0.2) is 0 Å². The van der Waals surface area contributed by atoms with Crippen LogP contribution in [0.3, 0.4) is 0 Å². The van der Waals surface area contributed by atoms with Gasteiger partial charge < -0.3 is 10.2 Å². The number of nitrogens with one attached hydrogen (secondary N) is 1. The van der Waals surface area contributed by atoms with Crippen molar-refractivity contribution in [2.45, 2.75) is 44.6 Å². The van der Waals surface area contributed by atoms with Crippen molar-refractivity contribution in [3.8, 4) is 5.69 Å². The van der Waals surface area contributed by atoms with E-state index in [1.165, 1.54) is 45.1 Å². The van der Waals surface area contributed by atoms with Crippen molar-refractivity contribution in [3.05, 3.63) is 42.5 Å². The Kier molecular flexibility index (Phi) is 5.29. The van der Waals surface area contributed by atoms with E-state index < -0.39 is 0 Å². The molecule has 1 saturated carbocycles. The topological polar surface area (TPSA) is 63.1 Å². The molecule has 1 aromatic carbocycles. The predicted octanol–water partition coefficient (Wildman–Crippen LogP) is 2.65. The summed E-state index contributed by atoms with van der Waals surface area (Å²) in [5.41, 5.74) is 1.57. The first-order chi connectivity index (χ1) is 12.8. The van der Waals surface area contributed by atoms with Crippen molar-refractivity contribution in [3.63, 3.8) is 0 Å². The predicted molar refractivity (Wildman–Crippen MR) is 100 cm³/mol. The summed E-state index contributed by atoms with van der Waals surface area (Å²) in [7, 11) is 0. The summed E-state index contributed by atoms with van der Waals surface area (Å²) in [6, 6.07) is 8.35. The Balaban J connectivity index is 1.30. The van der Waals surface area contributed by atoms with Crippen LogP contribution in [0, 0.1) is 5.92 Å². The maximum Gasteiger partial charge on any atom is 0.251 e. The molecule has 1 saturated heterocycles. The van der Waals surface area contributed by atoms with Gasteiger partial charge in [0.1, 0.15) is 12.7 Å². The molecule has 1 N–H and O–H groups in total. The smallest absolute Gasteiger partial charge is 0.251 e. The van der Waals surface area contributed by atoms with Crippen LogP contribution in [0.4, 0.5) is 0 Å². The fraction of sp³-hybridized carbons (Fsp3) is 0.550. The minimum Gasteiger partial charge on any atom is -0.352 e. The molecule has 0 bridgehead atoms. The average molecular weight is 353 g/mol. The van der Waals surface area contributed by atoms with E-state index in [1.807, 2.05) is 24.3 Å². The van der Waals surface area contributed by atoms with Crippen molar-refractivity contribution < 1.29 is 4.79 Å². The molecule has 1 atom stereocenters. The number of amides is 1. The lowest BCUT2D eigenvalue weighted by Gasteiger charge is -2.31. The number of nitrogens with zero attached hydrogens (tertiary/aromatic N) is 4. The fourth-order valence-corrected chi connectivity index (χ4v) is 4.29. The van der Waals surface area contributed by atoms with Crippen molar-refractivity contribution in [2.24, 2.45) is 5.92 Å². The number of carbonyl (C=O) groups excluding carboxylic acids is 1. The van der Waals surface area contributed by atoms with Gasteiger partial charge in [0.05, 0.1) is 0 Å². The van der Waals surface area contributed by atoms with Gasteiger partial charge in [-0.3, -0.25) is 9.36 Å². The van der Waals surface area contributed by atoms with Crippen LogP contribution in [-0.4, -0.2) is 51.2 Å². The van der Waals surface area contributed by atoms with E-state index in [2.05, 4.69) is 20.4 Å². The summed E-state index contributed by atoms with van der Waals surface area (Å²) < 4.78 is 1.80. The highest BCUT2D eigenvalue weighted by Crippen LogP contribution is 2.27. The summed E-state index contributed by atoms with van der Waals surface area (Å²) in [6.45, 7) is 3.08. The molecule has 2 fully saturated rings. The summed E-state index contributed by atoms with van der Waals surface area (Å²) in [6.07, 6.45) is 11.3. The minimum atomic E-state index is -0.00367. The quantitative estimate of drug-likeness (QED) is 0.898. The Bertz CT molecular complexity index is 724. The molecule has 138 valence electrons. The van der Waals surface area contributed by atoms with Crippen molar-refractivity contribution in [1.29, 1.82) is 0 Å². The standard InChI is InChI=1S/C20H27N5O/c26-20(17-5-4-8-19(11-17)25-14-22-23-15-25)21-12-16-9-10-24(13-16)18-6-2-1-3-7-18/h4-5,8,11,14-16,18H,1-3,6-7,9-10,12-13H2,(H,21,26)/t16-/m0/s1. The highest BCUT2D eigenvalue weighted by molar-refractivity contribution is 5.94. The molecule has 2 heterocycles. The summed E-state index contributed by atoms with van der Waals surface area (Å²) in [5.74, 6) is 0.568. The van der Waals surface area contributed by atoms with E-state index in [0.29, 0.717) is 11.5 Å². The molecule has 1 amide bonds. The van der Waals surface area contributed by atoms with Gasteiger partial charge in [0.25, 0.3) is 5.91 Å². The van der Waals surface area contributed by atoms with Gasteiger partial charge in [-0.25, -0.2) is 0 Å². The third kappa shape index (κ3) is 3.96. The number of hydrogen-bond donors (Lipinski definition) is 1. The Labute approximate surface area is 154 Å². The number of benzene rings is 1. The highest BCUT2D eigenvalue weighted by Gasteiger charge is 2.29. The maximum atomic E-state index is 12.5. The van der Waals surface area contributed by atoms with Crippen LogP contribution < -0.4 is 5.32 Å². The van der Waals surface area contributed by atoms with E-state index in [9.17, 15) is 4.79 Å². The molecule has 0 unspecified atom stereocenters. The molecule has 0 radical (unpaired) electrons. The summed E-state index contributed by atoms with van der Waals surface area (Å²) >= 11 is 0. The molecule has 1 aliphatic carbocycles. The van der Waals surface area contributed by atoms with E-state index in [4.69, 9.17) is 0 Å². The molecule has 1 aromatic heterocycles. The van der Waals surface area contributed by atoms with Crippen molar-refractivity contribution >= 4 is 5.91 Å². The lowest BCUT2D eigenvalue weighted by molar-refractivity contribution is 0.0946. The Morgan fingerprint density at radius 2 is 1.92 bits per heavy atom. The first-order valence-electron chi connectivity index (χ1n) is 9.77. The molecule has 6 heteroatoms. The Morgan fingerprint density at radius 1 is 1.12 bits per heavy atom. The van der Waals surface area contributed by atoms with Crippen LogP contribution in [0.2, 0.25) is 0 Å². The van der Waals surface area contributed by atoms with Gasteiger partial charge in [-0.2, -0.15) is 0 Å². The van der Waals surface area contributed by atoms with Crippen molar-refractivity contribution in [2.75, 3.05) is 19.6 Å². The first kappa shape index (κ1) is 17.2. The second kappa shape index (κ2) is 7.99. The first-order valence-corrected chi connectivity index (χ1v) is 9.77. The van der Waals surface area contributed by atoms with E-state index in [1.54, 1.807) is 17.2 Å². The highest BCUT2D eigenvalue weighted by atomic mass is 16.1. The molecule has 2 aliphatic rings. The second-order valence-electron chi connectivity index (χ2n) is 7.57. The lowest BCUT2D eigenvalue weighted by atomic mass is 9.94. The van der Waals surface area contributed by atoms with E-state index in [0.717, 1.165) is 24.8 Å². The molecule has 6 nitrogen and oxygen atoms in total. The van der Waals surface area contributed by atoms with Crippen LogP contribution in [0.1, 0.15) is 48.9 Å². The third-order valence-corrected chi connectivity index (χ3v) is 5.78. The SMILES string of the molecule is O=C(NC[C@@H]1CCN(C2CCCCC2)C1)c1cccc(-n2cnnc2)c1. The van der Waals surface area contributed by atoms with Crippen molar-refractivity contribution in [1.82, 2.24) is 25.0 Å². The van der Waals surface area contributed by atoms with Crippen LogP contribution in [0.15, 0.2) is 36.9 Å². The average Bonchev–Trinajstić information content (AvgIpc) is 3.39. The fourth-order valence-electron chi connectivity index (χ4n) is 4.29. The zero-order valence-corrected chi connectivity index (χ0v) is 15.2. The number of rotatable bonds is 5. The van der Waals surface area contributed by atoms with Gasteiger partial charge in [0.2, 0.25) is 0 Å². The van der Waals surface area contributed by atoms with Crippen LogP contribution in [-0.2, 0) is 0 Å². The molecule has 1 aliphatic heterocycles. The van der Waals surface area contributed by atoms with Gasteiger partial charge >= 0.3 is 0 Å². The zero-order valence-electron chi connectivity index (χ0n) is 15.2. The minimum absolute atomic E-state index is 0.00367. The maximum absolute atomic E-state index is 12.5. The second-order valence-corrected chi connectivity index (χ2v) is 7.57. The zero-order chi connectivity index (χ0) is 17.8. The molecule has 2 aromatic rings. The number of hydrogen-bond acceptors (Lipinski definition) is 4. The van der Waals surface area contributed by atoms with Gasteiger partial charge in [-0.05, 0) is 49.9 Å². The van der Waals surface area contributed by atoms with E-state index >= 15 is 0 Å². The van der Waals surface area contributed by atoms with E-state index in [-0.39, 0.29) is 5.91 Å². The van der Waals surface area contributed by atoms with Gasteiger partial charge in [-0.15, -0.1) is 10.2 Å². The summed E-state index contributed by atoms with van der Waals surface area (Å²) in [4.78, 5) is 15.2. The van der Waals surface area contributed by atoms with Crippen LogP contribution >= 0.6 is 0 Å². The van der Waals surface area contributed by atoms with Gasteiger partial charge in [-0.1, -0.05) is 25.3 Å². The van der Waals surface area contributed by atoms with Crippen LogP contribution in [0.25, 0.3) is 5.69 Å². The molecule has 4 rings (SSSR count).